The lowest BCUT2D eigenvalue weighted by atomic mass is 10.0. The molecule has 0 radical (unpaired) electrons. The molecule has 1 saturated heterocycles. The third-order valence-corrected chi connectivity index (χ3v) is 5.03. The second kappa shape index (κ2) is 6.71. The maximum Gasteiger partial charge on any atom is 0.242 e. The minimum Gasteiger partial charge on any atom is -0.381 e. The molecule has 6 nitrogen and oxygen atoms in total. The lowest BCUT2D eigenvalue weighted by Crippen LogP contribution is -2.33. The molecule has 0 saturated carbocycles. The van der Waals surface area contributed by atoms with Crippen molar-refractivity contribution in [2.45, 2.75) is 37.8 Å². The Kier molecular flexibility index (Phi) is 5.20. The van der Waals surface area contributed by atoms with Crippen molar-refractivity contribution in [3.05, 3.63) is 18.0 Å². The maximum atomic E-state index is 12.3. The Balaban J connectivity index is 2.03. The van der Waals surface area contributed by atoms with Gasteiger partial charge in [-0.25, -0.2) is 13.1 Å². The molecule has 0 amide bonds. The number of hydrogen-bond donors (Lipinski definition) is 2. The van der Waals surface area contributed by atoms with Crippen LogP contribution < -0.4 is 10.5 Å². The van der Waals surface area contributed by atoms with Crippen LogP contribution in [0.4, 0.5) is 0 Å². The molecular formula is C13H23N3O3S. The van der Waals surface area contributed by atoms with E-state index in [1.54, 1.807) is 12.3 Å². The number of hydrogen-bond acceptors (Lipinski definition) is 4. The third kappa shape index (κ3) is 3.60. The monoisotopic (exact) mass is 301 g/mol. The van der Waals surface area contributed by atoms with Crippen molar-refractivity contribution in [1.82, 2.24) is 9.29 Å². The average Bonchev–Trinajstić information content (AvgIpc) is 2.90. The molecule has 1 unspecified atom stereocenters. The van der Waals surface area contributed by atoms with Gasteiger partial charge in [-0.3, -0.25) is 0 Å². The van der Waals surface area contributed by atoms with Crippen molar-refractivity contribution in [3.63, 3.8) is 0 Å². The van der Waals surface area contributed by atoms with Crippen LogP contribution in [0.5, 0.6) is 0 Å². The van der Waals surface area contributed by atoms with Gasteiger partial charge >= 0.3 is 0 Å². The SMILES string of the molecule is CCn1cc(S(=O)(=O)NCC2CCCOC2)cc1CN. The predicted molar refractivity (Wildman–Crippen MR) is 76.7 cm³/mol. The summed E-state index contributed by atoms with van der Waals surface area (Å²) in [5.74, 6) is 0.265. The Morgan fingerprint density at radius 2 is 2.35 bits per heavy atom. The van der Waals surface area contributed by atoms with Crippen LogP contribution in [-0.4, -0.2) is 32.7 Å². The van der Waals surface area contributed by atoms with Gasteiger partial charge in [0.05, 0.1) is 11.5 Å². The van der Waals surface area contributed by atoms with Crippen LogP contribution in [-0.2, 0) is 27.8 Å². The largest absolute Gasteiger partial charge is 0.381 e. The molecule has 1 aromatic rings. The second-order valence-corrected chi connectivity index (χ2v) is 6.86. The molecule has 1 fully saturated rings. The van der Waals surface area contributed by atoms with Crippen LogP contribution in [0.25, 0.3) is 0 Å². The zero-order valence-electron chi connectivity index (χ0n) is 11.8. The summed E-state index contributed by atoms with van der Waals surface area (Å²) >= 11 is 0. The van der Waals surface area contributed by atoms with Gasteiger partial charge in [0.15, 0.2) is 0 Å². The van der Waals surface area contributed by atoms with E-state index in [1.807, 2.05) is 11.5 Å². The summed E-state index contributed by atoms with van der Waals surface area (Å²) in [6.07, 6.45) is 3.64. The zero-order valence-corrected chi connectivity index (χ0v) is 12.7. The zero-order chi connectivity index (χ0) is 14.6. The van der Waals surface area contributed by atoms with Crippen LogP contribution in [0.2, 0.25) is 0 Å². The molecule has 114 valence electrons. The smallest absolute Gasteiger partial charge is 0.242 e. The molecule has 1 atom stereocenters. The number of nitrogens with zero attached hydrogens (tertiary/aromatic N) is 1. The van der Waals surface area contributed by atoms with Crippen molar-refractivity contribution >= 4 is 10.0 Å². The fourth-order valence-electron chi connectivity index (χ4n) is 2.42. The maximum absolute atomic E-state index is 12.3. The highest BCUT2D eigenvalue weighted by Gasteiger charge is 2.21. The molecule has 20 heavy (non-hydrogen) atoms. The summed E-state index contributed by atoms with van der Waals surface area (Å²) in [5, 5.41) is 0. The van der Waals surface area contributed by atoms with Crippen LogP contribution in [0, 0.1) is 5.92 Å². The van der Waals surface area contributed by atoms with E-state index < -0.39 is 10.0 Å². The first-order valence-electron chi connectivity index (χ1n) is 7.03. The Bertz CT molecular complexity index is 512. The molecule has 7 heteroatoms. The van der Waals surface area contributed by atoms with Crippen LogP contribution >= 0.6 is 0 Å². The van der Waals surface area contributed by atoms with Crippen molar-refractivity contribution in [2.75, 3.05) is 19.8 Å². The third-order valence-electron chi connectivity index (χ3n) is 3.64. The minimum atomic E-state index is -3.46. The van der Waals surface area contributed by atoms with E-state index in [1.165, 1.54) is 0 Å². The molecule has 0 spiro atoms. The van der Waals surface area contributed by atoms with Gasteiger partial charge in [0.25, 0.3) is 0 Å². The lowest BCUT2D eigenvalue weighted by Gasteiger charge is -2.21. The highest BCUT2D eigenvalue weighted by atomic mass is 32.2. The van der Waals surface area contributed by atoms with E-state index in [2.05, 4.69) is 4.72 Å². The van der Waals surface area contributed by atoms with Gasteiger partial charge in [-0.2, -0.15) is 0 Å². The molecule has 2 heterocycles. The Morgan fingerprint density at radius 1 is 1.55 bits per heavy atom. The number of sulfonamides is 1. The highest BCUT2D eigenvalue weighted by molar-refractivity contribution is 7.89. The van der Waals surface area contributed by atoms with Gasteiger partial charge in [-0.15, -0.1) is 0 Å². The Labute approximate surface area is 120 Å². The molecule has 0 aromatic carbocycles. The van der Waals surface area contributed by atoms with Crippen LogP contribution in [0.3, 0.4) is 0 Å². The van der Waals surface area contributed by atoms with E-state index in [0.717, 1.165) is 25.1 Å². The number of nitrogens with one attached hydrogen (secondary N) is 1. The molecule has 1 aliphatic rings. The van der Waals surface area contributed by atoms with Gasteiger partial charge < -0.3 is 15.0 Å². The van der Waals surface area contributed by atoms with Gasteiger partial charge in [-0.1, -0.05) is 0 Å². The summed E-state index contributed by atoms with van der Waals surface area (Å²) in [6, 6.07) is 1.64. The van der Waals surface area contributed by atoms with Crippen LogP contribution in [0.15, 0.2) is 17.2 Å². The molecule has 2 rings (SSSR count). The first-order chi connectivity index (χ1) is 9.56. The summed E-state index contributed by atoms with van der Waals surface area (Å²) in [4.78, 5) is 0.288. The average molecular weight is 301 g/mol. The molecule has 3 N–H and O–H groups in total. The molecule has 1 aromatic heterocycles. The number of aromatic nitrogens is 1. The summed E-state index contributed by atoms with van der Waals surface area (Å²) < 4.78 is 34.4. The predicted octanol–water partition coefficient (Wildman–Crippen LogP) is 0.672. The molecular weight excluding hydrogens is 278 g/mol. The van der Waals surface area contributed by atoms with Gasteiger partial charge in [0.1, 0.15) is 0 Å². The molecule has 1 aliphatic heterocycles. The summed E-state index contributed by atoms with van der Waals surface area (Å²) in [7, 11) is -3.46. The number of nitrogens with two attached hydrogens (primary N) is 1. The molecule has 0 aliphatic carbocycles. The van der Waals surface area contributed by atoms with Crippen molar-refractivity contribution in [3.8, 4) is 0 Å². The topological polar surface area (TPSA) is 86.3 Å². The normalized spacial score (nSPS) is 20.2. The number of ether oxygens (including phenoxy) is 1. The first-order valence-corrected chi connectivity index (χ1v) is 8.51. The Hall–Kier alpha value is -0.890. The fraction of sp³-hybridized carbons (Fsp3) is 0.692. The van der Waals surface area contributed by atoms with Crippen molar-refractivity contribution in [2.24, 2.45) is 11.7 Å². The minimum absolute atomic E-state index is 0.265. The van der Waals surface area contributed by atoms with Gasteiger partial charge in [-0.05, 0) is 31.7 Å². The number of rotatable bonds is 6. The van der Waals surface area contributed by atoms with Crippen molar-refractivity contribution < 1.29 is 13.2 Å². The quantitative estimate of drug-likeness (QED) is 0.808. The molecule has 0 bridgehead atoms. The highest BCUT2D eigenvalue weighted by Crippen LogP contribution is 2.16. The van der Waals surface area contributed by atoms with Gasteiger partial charge in [0, 0.05) is 38.1 Å². The Morgan fingerprint density at radius 3 is 2.90 bits per heavy atom. The summed E-state index contributed by atoms with van der Waals surface area (Å²) in [6.45, 7) is 4.84. The first kappa shape index (κ1) is 15.5. The summed E-state index contributed by atoms with van der Waals surface area (Å²) in [5.41, 5.74) is 6.45. The van der Waals surface area contributed by atoms with E-state index in [9.17, 15) is 8.42 Å². The number of aryl methyl sites for hydroxylation is 1. The van der Waals surface area contributed by atoms with Gasteiger partial charge in [0.2, 0.25) is 10.0 Å². The van der Waals surface area contributed by atoms with Crippen LogP contribution in [0.1, 0.15) is 25.5 Å². The van der Waals surface area contributed by atoms with E-state index in [-0.39, 0.29) is 10.8 Å². The fourth-order valence-corrected chi connectivity index (χ4v) is 3.60. The second-order valence-electron chi connectivity index (χ2n) is 5.09. The van der Waals surface area contributed by atoms with E-state index >= 15 is 0 Å². The lowest BCUT2D eigenvalue weighted by molar-refractivity contribution is 0.0568. The van der Waals surface area contributed by atoms with E-state index in [4.69, 9.17) is 10.5 Å². The van der Waals surface area contributed by atoms with E-state index in [0.29, 0.717) is 26.2 Å². The standard InChI is InChI=1S/C13H23N3O3S/c1-2-16-9-13(6-12(16)7-14)20(17,18)15-8-11-4-3-5-19-10-11/h6,9,11,15H,2-5,7-8,10,14H2,1H3. The van der Waals surface area contributed by atoms with Crippen molar-refractivity contribution in [1.29, 1.82) is 0 Å².